The van der Waals surface area contributed by atoms with E-state index in [0.29, 0.717) is 24.6 Å². The highest BCUT2D eigenvalue weighted by atomic mass is 16.5. The second-order valence-corrected chi connectivity index (χ2v) is 7.97. The van der Waals surface area contributed by atoms with Crippen LogP contribution in [-0.4, -0.2) is 50.3 Å². The summed E-state index contributed by atoms with van der Waals surface area (Å²) in [6.45, 7) is 6.24. The van der Waals surface area contributed by atoms with Gasteiger partial charge >= 0.3 is 0 Å². The largest absolute Gasteiger partial charge is 0.377 e. The molecule has 0 spiro atoms. The Balaban J connectivity index is 1.28. The third-order valence-corrected chi connectivity index (χ3v) is 6.13. The van der Waals surface area contributed by atoms with E-state index in [9.17, 15) is 4.79 Å². The van der Waals surface area contributed by atoms with Gasteiger partial charge in [-0.2, -0.15) is 0 Å². The molecular weight excluding hydrogens is 326 g/mol. The van der Waals surface area contributed by atoms with Gasteiger partial charge in [-0.25, -0.2) is 0 Å². The predicted octanol–water partition coefficient (Wildman–Crippen LogP) is 2.94. The van der Waals surface area contributed by atoms with E-state index in [4.69, 9.17) is 4.74 Å². The average molecular weight is 357 g/mol. The van der Waals surface area contributed by atoms with Gasteiger partial charge < -0.3 is 19.9 Å². The van der Waals surface area contributed by atoms with Crippen molar-refractivity contribution in [2.24, 2.45) is 0 Å². The fraction of sp³-hybridized carbons (Fsp3) is 0.667. The fourth-order valence-electron chi connectivity index (χ4n) is 4.50. The molecule has 3 heterocycles. The number of nitrogens with one attached hydrogen (secondary N) is 1. The molecule has 0 bridgehead atoms. The molecule has 4 rings (SSSR count). The molecule has 3 saturated heterocycles. The number of hydrogen-bond donors (Lipinski definition) is 1. The summed E-state index contributed by atoms with van der Waals surface area (Å²) >= 11 is 0. The van der Waals surface area contributed by atoms with Gasteiger partial charge in [-0.1, -0.05) is 0 Å². The van der Waals surface area contributed by atoms with Crippen molar-refractivity contribution in [3.8, 4) is 0 Å². The highest BCUT2D eigenvalue weighted by Gasteiger charge is 2.29. The van der Waals surface area contributed by atoms with Gasteiger partial charge in [0.1, 0.15) is 0 Å². The Kier molecular flexibility index (Phi) is 5.46. The van der Waals surface area contributed by atoms with Crippen LogP contribution in [0.2, 0.25) is 0 Å². The normalized spacial score (nSPS) is 27.5. The molecule has 2 atom stereocenters. The van der Waals surface area contributed by atoms with E-state index in [1.54, 1.807) is 0 Å². The Hall–Kier alpha value is -1.59. The highest BCUT2D eigenvalue weighted by Crippen LogP contribution is 2.29. The molecule has 5 heteroatoms. The van der Waals surface area contributed by atoms with Gasteiger partial charge in [0.15, 0.2) is 0 Å². The molecule has 3 fully saturated rings. The first-order chi connectivity index (χ1) is 12.7. The van der Waals surface area contributed by atoms with Gasteiger partial charge in [-0.05, 0) is 63.3 Å². The van der Waals surface area contributed by atoms with Crippen molar-refractivity contribution >= 4 is 17.3 Å². The minimum atomic E-state index is 0.253. The summed E-state index contributed by atoms with van der Waals surface area (Å²) in [5, 5.41) is 3.70. The first-order valence-corrected chi connectivity index (χ1v) is 10.2. The summed E-state index contributed by atoms with van der Waals surface area (Å²) in [4.78, 5) is 16.5. The maximum atomic E-state index is 12.1. The van der Waals surface area contributed by atoms with Crippen LogP contribution in [-0.2, 0) is 9.53 Å². The number of carbonyl (C=O) groups excluding carboxylic acids is 1. The average Bonchev–Trinajstić information content (AvgIpc) is 3.31. The molecule has 3 aliphatic heterocycles. The van der Waals surface area contributed by atoms with Crippen LogP contribution in [0.25, 0.3) is 0 Å². The van der Waals surface area contributed by atoms with E-state index >= 15 is 0 Å². The Morgan fingerprint density at radius 3 is 2.42 bits per heavy atom. The van der Waals surface area contributed by atoms with Crippen molar-refractivity contribution in [3.63, 3.8) is 0 Å². The van der Waals surface area contributed by atoms with Crippen LogP contribution < -0.4 is 15.1 Å². The molecule has 5 nitrogen and oxygen atoms in total. The van der Waals surface area contributed by atoms with E-state index in [1.807, 2.05) is 4.90 Å². The van der Waals surface area contributed by atoms with Crippen LogP contribution in [0.1, 0.15) is 45.4 Å². The quantitative estimate of drug-likeness (QED) is 0.880. The molecular formula is C21H31N3O2. The minimum Gasteiger partial charge on any atom is -0.377 e. The lowest BCUT2D eigenvalue weighted by molar-refractivity contribution is -0.117. The Labute approximate surface area is 156 Å². The number of rotatable bonds is 5. The van der Waals surface area contributed by atoms with Crippen molar-refractivity contribution in [1.29, 1.82) is 0 Å². The molecule has 1 N–H and O–H groups in total. The van der Waals surface area contributed by atoms with E-state index in [-0.39, 0.29) is 5.91 Å². The molecule has 3 aliphatic rings. The van der Waals surface area contributed by atoms with E-state index in [1.165, 1.54) is 31.4 Å². The van der Waals surface area contributed by atoms with Crippen LogP contribution in [0.5, 0.6) is 0 Å². The summed E-state index contributed by atoms with van der Waals surface area (Å²) in [7, 11) is 0. The van der Waals surface area contributed by atoms with Gasteiger partial charge in [0.25, 0.3) is 0 Å². The zero-order valence-electron chi connectivity index (χ0n) is 15.8. The number of carbonyl (C=O) groups is 1. The lowest BCUT2D eigenvalue weighted by Gasteiger charge is -2.34. The SMILES string of the molecule is C[C@@H]1CCC(=O)N1c1ccc(N2CCC(NC[C@H]3CCCO3)CC2)cc1. The van der Waals surface area contributed by atoms with Gasteiger partial charge in [0.05, 0.1) is 6.10 Å². The number of amides is 1. The van der Waals surface area contributed by atoms with Crippen molar-refractivity contribution in [3.05, 3.63) is 24.3 Å². The molecule has 1 amide bonds. The predicted molar refractivity (Wildman–Crippen MR) is 105 cm³/mol. The highest BCUT2D eigenvalue weighted by molar-refractivity contribution is 5.96. The van der Waals surface area contributed by atoms with Crippen LogP contribution >= 0.6 is 0 Å². The summed E-state index contributed by atoms with van der Waals surface area (Å²) in [6.07, 6.45) is 6.84. The van der Waals surface area contributed by atoms with Crippen LogP contribution in [0, 0.1) is 0 Å². The van der Waals surface area contributed by atoms with Crippen molar-refractivity contribution in [2.75, 3.05) is 36.0 Å². The van der Waals surface area contributed by atoms with Gasteiger partial charge in [0.2, 0.25) is 5.91 Å². The number of hydrogen-bond acceptors (Lipinski definition) is 4. The minimum absolute atomic E-state index is 0.253. The number of benzene rings is 1. The summed E-state index contributed by atoms with van der Waals surface area (Å²) in [6, 6.07) is 9.49. The van der Waals surface area contributed by atoms with E-state index in [2.05, 4.69) is 41.4 Å². The number of anilines is 2. The summed E-state index contributed by atoms with van der Waals surface area (Å²) < 4.78 is 5.70. The van der Waals surface area contributed by atoms with Crippen molar-refractivity contribution in [2.45, 2.75) is 63.6 Å². The zero-order chi connectivity index (χ0) is 17.9. The maximum Gasteiger partial charge on any atom is 0.227 e. The Bertz CT molecular complexity index is 604. The topological polar surface area (TPSA) is 44.8 Å². The lowest BCUT2D eigenvalue weighted by Crippen LogP contribution is -2.44. The molecule has 26 heavy (non-hydrogen) atoms. The summed E-state index contributed by atoms with van der Waals surface area (Å²) in [5.41, 5.74) is 2.31. The van der Waals surface area contributed by atoms with Crippen LogP contribution in [0.4, 0.5) is 11.4 Å². The second-order valence-electron chi connectivity index (χ2n) is 7.97. The smallest absolute Gasteiger partial charge is 0.227 e. The molecule has 1 aromatic rings. The molecule has 142 valence electrons. The van der Waals surface area contributed by atoms with Crippen molar-refractivity contribution in [1.82, 2.24) is 5.32 Å². The number of ether oxygens (including phenoxy) is 1. The number of nitrogens with zero attached hydrogens (tertiary/aromatic N) is 2. The maximum absolute atomic E-state index is 12.1. The third kappa shape index (κ3) is 3.89. The molecule has 0 saturated carbocycles. The van der Waals surface area contributed by atoms with Crippen LogP contribution in [0.3, 0.4) is 0 Å². The third-order valence-electron chi connectivity index (χ3n) is 6.13. The van der Waals surface area contributed by atoms with Gasteiger partial charge in [-0.3, -0.25) is 4.79 Å². The standard InChI is InChI=1S/C21H31N3O2/c1-16-4-9-21(25)24(16)19-7-5-18(6-8-19)23-12-10-17(11-13-23)22-15-20-3-2-14-26-20/h5-8,16-17,20,22H,2-4,9-15H2,1H3/t16-,20-/m1/s1. The first kappa shape index (κ1) is 17.8. The van der Waals surface area contributed by atoms with Gasteiger partial charge in [-0.15, -0.1) is 0 Å². The fourth-order valence-corrected chi connectivity index (χ4v) is 4.50. The van der Waals surface area contributed by atoms with Crippen LogP contribution in [0.15, 0.2) is 24.3 Å². The molecule has 0 aliphatic carbocycles. The summed E-state index contributed by atoms with van der Waals surface area (Å²) in [5.74, 6) is 0.253. The molecule has 0 radical (unpaired) electrons. The first-order valence-electron chi connectivity index (χ1n) is 10.2. The van der Waals surface area contributed by atoms with Crippen molar-refractivity contribution < 1.29 is 9.53 Å². The number of piperidine rings is 1. The zero-order valence-corrected chi connectivity index (χ0v) is 15.8. The van der Waals surface area contributed by atoms with Gasteiger partial charge in [0, 0.05) is 56.1 Å². The van der Waals surface area contributed by atoms with E-state index < -0.39 is 0 Å². The van der Waals surface area contributed by atoms with E-state index in [0.717, 1.165) is 38.3 Å². The lowest BCUT2D eigenvalue weighted by atomic mass is 10.0. The Morgan fingerprint density at radius 2 is 1.81 bits per heavy atom. The molecule has 0 unspecified atom stereocenters. The second kappa shape index (κ2) is 7.97. The molecule has 0 aromatic heterocycles. The Morgan fingerprint density at radius 1 is 1.08 bits per heavy atom. The monoisotopic (exact) mass is 357 g/mol. The molecule has 1 aromatic carbocycles.